The summed E-state index contributed by atoms with van der Waals surface area (Å²) < 4.78 is 5.80. The van der Waals surface area contributed by atoms with Crippen LogP contribution in [0.1, 0.15) is 47.8 Å². The van der Waals surface area contributed by atoms with Gasteiger partial charge in [-0.15, -0.1) is 10.2 Å². The number of hydrogen-bond donors (Lipinski definition) is 2. The van der Waals surface area contributed by atoms with E-state index in [4.69, 9.17) is 4.52 Å². The van der Waals surface area contributed by atoms with Crippen LogP contribution in [0.25, 0.3) is 0 Å². The highest BCUT2D eigenvalue weighted by Crippen LogP contribution is 2.40. The second-order valence-electron chi connectivity index (χ2n) is 5.85. The highest BCUT2D eigenvalue weighted by molar-refractivity contribution is 8.01. The lowest BCUT2D eigenvalue weighted by Crippen LogP contribution is -2.26. The van der Waals surface area contributed by atoms with Crippen LogP contribution in [-0.2, 0) is 4.79 Å². The second kappa shape index (κ2) is 6.52. The van der Waals surface area contributed by atoms with Crippen LogP contribution < -0.4 is 10.6 Å². The lowest BCUT2D eigenvalue weighted by atomic mass is 10.3. The molecule has 2 aliphatic rings. The number of nitrogens with zero attached hydrogens (tertiary/aromatic N) is 3. The van der Waals surface area contributed by atoms with Crippen LogP contribution in [0.3, 0.4) is 0 Å². The van der Waals surface area contributed by atoms with Crippen molar-refractivity contribution in [2.24, 2.45) is 0 Å². The normalized spacial score (nSPS) is 16.8. The van der Waals surface area contributed by atoms with Gasteiger partial charge >= 0.3 is 0 Å². The molecule has 2 aromatic heterocycles. The van der Waals surface area contributed by atoms with Crippen LogP contribution in [0.4, 0.5) is 5.13 Å². The first-order valence-corrected chi connectivity index (χ1v) is 9.51. The van der Waals surface area contributed by atoms with Crippen molar-refractivity contribution in [3.05, 3.63) is 17.5 Å². The number of aromatic nitrogens is 3. The van der Waals surface area contributed by atoms with Gasteiger partial charge in [-0.3, -0.25) is 14.9 Å². The summed E-state index contributed by atoms with van der Waals surface area (Å²) in [5.74, 6) is 1.09. The molecular weight excluding hydrogens is 350 g/mol. The van der Waals surface area contributed by atoms with Crippen molar-refractivity contribution in [1.82, 2.24) is 20.7 Å². The average Bonchev–Trinajstić information content (AvgIpc) is 3.48. The summed E-state index contributed by atoms with van der Waals surface area (Å²) in [5, 5.41) is 17.6. The molecule has 0 saturated heterocycles. The predicted molar refractivity (Wildman–Crippen MR) is 88.2 cm³/mol. The smallest absolute Gasteiger partial charge is 0.279 e. The topological polar surface area (TPSA) is 110 Å². The van der Waals surface area contributed by atoms with Crippen molar-refractivity contribution in [3.8, 4) is 0 Å². The zero-order valence-corrected chi connectivity index (χ0v) is 14.3. The van der Waals surface area contributed by atoms with E-state index in [1.165, 1.54) is 23.1 Å². The third-order valence-electron chi connectivity index (χ3n) is 3.64. The maximum Gasteiger partial charge on any atom is 0.279 e. The lowest BCUT2D eigenvalue weighted by Gasteiger charge is -2.00. The van der Waals surface area contributed by atoms with Gasteiger partial charge in [-0.25, -0.2) is 0 Å². The maximum absolute atomic E-state index is 12.1. The molecular formula is C14H15N5O3S2. The molecule has 2 saturated carbocycles. The third kappa shape index (κ3) is 3.93. The average molecular weight is 365 g/mol. The Bertz CT molecular complexity index is 766. The van der Waals surface area contributed by atoms with E-state index in [1.807, 2.05) is 0 Å². The Labute approximate surface area is 145 Å². The summed E-state index contributed by atoms with van der Waals surface area (Å²) in [6, 6.07) is 2.02. The Kier molecular flexibility index (Phi) is 4.23. The number of anilines is 1. The van der Waals surface area contributed by atoms with Gasteiger partial charge in [0, 0.05) is 18.0 Å². The summed E-state index contributed by atoms with van der Waals surface area (Å²) in [7, 11) is 0. The molecule has 126 valence electrons. The van der Waals surface area contributed by atoms with Crippen molar-refractivity contribution < 1.29 is 14.1 Å². The summed E-state index contributed by atoms with van der Waals surface area (Å²) in [6.07, 6.45) is 4.30. The minimum atomic E-state index is -0.371. The Hall–Kier alpha value is -1.94. The van der Waals surface area contributed by atoms with Crippen LogP contribution in [0.5, 0.6) is 0 Å². The number of nitrogens with one attached hydrogen (secondary N) is 2. The van der Waals surface area contributed by atoms with Crippen molar-refractivity contribution in [3.63, 3.8) is 0 Å². The predicted octanol–water partition coefficient (Wildman–Crippen LogP) is 2.03. The van der Waals surface area contributed by atoms with Gasteiger partial charge in [0.25, 0.3) is 5.91 Å². The van der Waals surface area contributed by atoms with E-state index in [9.17, 15) is 9.59 Å². The highest BCUT2D eigenvalue weighted by atomic mass is 32.2. The molecule has 4 rings (SSSR count). The molecule has 0 bridgehead atoms. The molecule has 0 aromatic carbocycles. The summed E-state index contributed by atoms with van der Waals surface area (Å²) in [5.41, 5.74) is 0.241. The van der Waals surface area contributed by atoms with E-state index in [0.29, 0.717) is 27.2 Å². The molecule has 10 heteroatoms. The first-order valence-electron chi connectivity index (χ1n) is 7.71. The van der Waals surface area contributed by atoms with E-state index in [2.05, 4.69) is 26.0 Å². The van der Waals surface area contributed by atoms with E-state index >= 15 is 0 Å². The Morgan fingerprint density at radius 1 is 1.29 bits per heavy atom. The molecule has 2 aromatic rings. The molecule has 0 unspecified atom stereocenters. The molecule has 0 aliphatic heterocycles. The SMILES string of the molecule is O=C(CSc1nnc(NC(=O)c2cc(C3CC3)on2)s1)NC1CC1. The van der Waals surface area contributed by atoms with Gasteiger partial charge in [0.1, 0.15) is 5.76 Å². The molecule has 24 heavy (non-hydrogen) atoms. The van der Waals surface area contributed by atoms with E-state index < -0.39 is 0 Å². The first-order chi connectivity index (χ1) is 11.7. The van der Waals surface area contributed by atoms with Gasteiger partial charge in [-0.1, -0.05) is 28.3 Å². The fourth-order valence-electron chi connectivity index (χ4n) is 2.06. The number of carbonyl (C=O) groups excluding carboxylic acids is 2. The van der Waals surface area contributed by atoms with Gasteiger partial charge < -0.3 is 9.84 Å². The summed E-state index contributed by atoms with van der Waals surface area (Å²) in [4.78, 5) is 23.7. The van der Waals surface area contributed by atoms with Gasteiger partial charge in [-0.2, -0.15) is 0 Å². The maximum atomic E-state index is 12.1. The van der Waals surface area contributed by atoms with Gasteiger partial charge in [0.15, 0.2) is 10.0 Å². The van der Waals surface area contributed by atoms with Crippen LogP contribution in [0, 0.1) is 0 Å². The van der Waals surface area contributed by atoms with E-state index in [-0.39, 0.29) is 17.5 Å². The fraction of sp³-hybridized carbons (Fsp3) is 0.500. The fourth-order valence-corrected chi connectivity index (χ4v) is 3.62. The minimum Gasteiger partial charge on any atom is -0.360 e. The minimum absolute atomic E-state index is 0.00140. The standard InChI is InChI=1S/C14H15N5O3S2/c20-11(15-8-3-4-8)6-23-14-18-17-13(24-14)16-12(21)9-5-10(22-19-9)7-1-2-7/h5,7-8H,1-4,6H2,(H,15,20)(H,16,17,21). The van der Waals surface area contributed by atoms with Crippen LogP contribution in [0.15, 0.2) is 14.9 Å². The van der Waals surface area contributed by atoms with Crippen molar-refractivity contribution in [2.45, 2.75) is 42.0 Å². The van der Waals surface area contributed by atoms with Crippen LogP contribution in [0.2, 0.25) is 0 Å². The molecule has 2 heterocycles. The van der Waals surface area contributed by atoms with Crippen molar-refractivity contribution in [2.75, 3.05) is 11.1 Å². The Morgan fingerprint density at radius 3 is 2.88 bits per heavy atom. The molecule has 0 spiro atoms. The summed E-state index contributed by atoms with van der Waals surface area (Å²) >= 11 is 2.53. The zero-order chi connectivity index (χ0) is 16.5. The molecule has 2 aliphatic carbocycles. The number of rotatable bonds is 7. The number of carbonyl (C=O) groups is 2. The van der Waals surface area contributed by atoms with E-state index in [1.54, 1.807) is 6.07 Å². The monoisotopic (exact) mass is 365 g/mol. The highest BCUT2D eigenvalue weighted by Gasteiger charge is 2.29. The molecule has 0 radical (unpaired) electrons. The molecule has 2 amide bonds. The largest absolute Gasteiger partial charge is 0.360 e. The number of thioether (sulfide) groups is 1. The molecule has 2 N–H and O–H groups in total. The van der Waals surface area contributed by atoms with Gasteiger partial charge in [-0.05, 0) is 25.7 Å². The van der Waals surface area contributed by atoms with Crippen LogP contribution >= 0.6 is 23.1 Å². The van der Waals surface area contributed by atoms with Crippen LogP contribution in [-0.4, -0.2) is 39.0 Å². The van der Waals surface area contributed by atoms with Gasteiger partial charge in [0.2, 0.25) is 11.0 Å². The van der Waals surface area contributed by atoms with Crippen molar-refractivity contribution >= 4 is 40.0 Å². The lowest BCUT2D eigenvalue weighted by molar-refractivity contribution is -0.118. The third-order valence-corrected chi connectivity index (χ3v) is 5.61. The Morgan fingerprint density at radius 2 is 2.12 bits per heavy atom. The Balaban J connectivity index is 1.28. The number of hydrogen-bond acceptors (Lipinski definition) is 8. The van der Waals surface area contributed by atoms with Gasteiger partial charge in [0.05, 0.1) is 5.75 Å². The zero-order valence-electron chi connectivity index (χ0n) is 12.7. The molecule has 2 fully saturated rings. The molecule has 8 nitrogen and oxygen atoms in total. The summed E-state index contributed by atoms with van der Waals surface area (Å²) in [6.45, 7) is 0. The number of amides is 2. The second-order valence-corrected chi connectivity index (χ2v) is 8.05. The first kappa shape index (κ1) is 15.6. The quantitative estimate of drug-likeness (QED) is 0.570. The van der Waals surface area contributed by atoms with E-state index in [0.717, 1.165) is 31.4 Å². The van der Waals surface area contributed by atoms with Crippen molar-refractivity contribution in [1.29, 1.82) is 0 Å². The molecule has 0 atom stereocenters.